The van der Waals surface area contributed by atoms with Crippen LogP contribution in [0, 0.1) is 0 Å². The van der Waals surface area contributed by atoms with Crippen LogP contribution in [0.15, 0.2) is 74.9 Å². The maximum atomic E-state index is 2.81. The molecule has 0 saturated heterocycles. The molecule has 0 radical (unpaired) electrons. The van der Waals surface area contributed by atoms with E-state index in [0.29, 0.717) is 0 Å². The van der Waals surface area contributed by atoms with Crippen LogP contribution in [-0.2, 0) is 0 Å². The van der Waals surface area contributed by atoms with Gasteiger partial charge in [-0.15, -0.1) is 0 Å². The van der Waals surface area contributed by atoms with Gasteiger partial charge in [-0.1, -0.05) is 0 Å². The van der Waals surface area contributed by atoms with Gasteiger partial charge in [-0.25, -0.2) is 0 Å². The first kappa shape index (κ1) is 44.4. The maximum absolute atomic E-state index is 2.81. The highest BCUT2D eigenvalue weighted by atomic mass is 128. The molecule has 164 valence electrons. The standard InChI is InChI=1S/4C3H4N2.2I2.4HI/c4*1-2-5-3-4-1;2*1-2;;;;/h4*1-3H,(H,4,5);;;4*1H. The van der Waals surface area contributed by atoms with Gasteiger partial charge in [0.2, 0.25) is 25.3 Å². The highest BCUT2D eigenvalue weighted by molar-refractivity contribution is 15.0. The van der Waals surface area contributed by atoms with Crippen LogP contribution < -0.4 is 116 Å². The largest absolute Gasteiger partial charge is 1.00 e. The Kier molecular flexibility index (Phi) is 75.2. The quantitative estimate of drug-likeness (QED) is 0.126. The third kappa shape index (κ3) is 42.7. The van der Waals surface area contributed by atoms with E-state index in [4.69, 9.17) is 0 Å². The lowest BCUT2D eigenvalue weighted by Crippen LogP contribution is -3.00. The second kappa shape index (κ2) is 47.5. The van der Waals surface area contributed by atoms with Gasteiger partial charge in [-0.3, -0.25) is 39.9 Å². The second-order valence-electron chi connectivity index (χ2n) is 3.24. The first-order valence-electron chi connectivity index (χ1n) is 6.24. The predicted molar refractivity (Wildman–Crippen MR) is 125 cm³/mol. The summed E-state index contributed by atoms with van der Waals surface area (Å²) in [6.45, 7) is 0. The summed E-state index contributed by atoms with van der Waals surface area (Å²) < 4.78 is 0. The molecule has 8 N–H and O–H groups in total. The molecular weight excluding hydrogens is 1270 g/mol. The average Bonchev–Trinajstić information content (AvgIpc) is 3.48. The predicted octanol–water partition coefficient (Wildman–Crippen LogP) is -9.13. The van der Waals surface area contributed by atoms with Gasteiger partial charge in [0.1, 0.15) is 49.6 Å². The fourth-order valence-corrected chi connectivity index (χ4v) is 0.962. The summed E-state index contributed by atoms with van der Waals surface area (Å²) in [5.74, 6) is 0. The summed E-state index contributed by atoms with van der Waals surface area (Å²) in [6.07, 6.45) is 21.6. The molecule has 28 heavy (non-hydrogen) atoms. The topological polar surface area (TPSA) is 120 Å². The molecule has 0 aromatic carbocycles. The molecule has 0 saturated carbocycles. The van der Waals surface area contributed by atoms with Crippen molar-refractivity contribution in [3.63, 3.8) is 0 Å². The minimum absolute atomic E-state index is 0. The van der Waals surface area contributed by atoms with Crippen LogP contribution in [0.1, 0.15) is 0 Å². The van der Waals surface area contributed by atoms with Crippen LogP contribution in [0.4, 0.5) is 0 Å². The second-order valence-corrected chi connectivity index (χ2v) is 3.24. The smallest absolute Gasteiger partial charge is 0.239 e. The minimum atomic E-state index is 0. The molecule has 0 fully saturated rings. The van der Waals surface area contributed by atoms with Gasteiger partial charge in [0.15, 0.2) is 0 Å². The van der Waals surface area contributed by atoms with Crippen molar-refractivity contribution in [2.75, 3.05) is 0 Å². The fourth-order valence-electron chi connectivity index (χ4n) is 0.962. The first-order chi connectivity index (χ1) is 12.0. The first-order valence-corrected chi connectivity index (χ1v) is 18.8. The van der Waals surface area contributed by atoms with Crippen LogP contribution >= 0.6 is 74.5 Å². The van der Waals surface area contributed by atoms with E-state index in [0.717, 1.165) is 0 Å². The van der Waals surface area contributed by atoms with E-state index in [1.165, 1.54) is 0 Å². The maximum Gasteiger partial charge on any atom is 0.239 e. The van der Waals surface area contributed by atoms with E-state index in [2.05, 4.69) is 114 Å². The summed E-state index contributed by atoms with van der Waals surface area (Å²) in [7, 11) is 0. The Morgan fingerprint density at radius 3 is 0.607 bits per heavy atom. The summed E-state index contributed by atoms with van der Waals surface area (Å²) in [6, 6.07) is 0. The molecule has 0 bridgehead atoms. The zero-order chi connectivity index (χ0) is 18.1. The summed E-state index contributed by atoms with van der Waals surface area (Å²) in [5, 5.41) is 0. The lowest BCUT2D eigenvalue weighted by molar-refractivity contribution is -0.376. The fraction of sp³-hybridized carbons (Fsp3) is 0. The van der Waals surface area contributed by atoms with Crippen LogP contribution in [-0.4, -0.2) is 19.9 Å². The van der Waals surface area contributed by atoms with Crippen molar-refractivity contribution in [3.8, 4) is 0 Å². The molecule has 4 rings (SSSR count). The van der Waals surface area contributed by atoms with E-state index in [1.807, 2.05) is 49.6 Å². The average molecular weight is 1290 g/mol. The third-order valence-electron chi connectivity index (χ3n) is 1.77. The van der Waals surface area contributed by atoms with Crippen molar-refractivity contribution in [1.82, 2.24) is 19.9 Å². The van der Waals surface area contributed by atoms with E-state index >= 15 is 0 Å². The third-order valence-corrected chi connectivity index (χ3v) is 1.77. The van der Waals surface area contributed by atoms with Gasteiger partial charge in [-0.05, 0) is 0 Å². The highest BCUT2D eigenvalue weighted by Crippen LogP contribution is 1.89. The summed E-state index contributed by atoms with van der Waals surface area (Å²) in [5.41, 5.74) is 0. The van der Waals surface area contributed by atoms with Gasteiger partial charge < -0.3 is 95.9 Å². The van der Waals surface area contributed by atoms with Crippen molar-refractivity contribution in [2.45, 2.75) is 0 Å². The molecule has 0 spiro atoms. The highest BCUT2D eigenvalue weighted by Gasteiger charge is 1.66. The van der Waals surface area contributed by atoms with Crippen LogP contribution in [0.25, 0.3) is 0 Å². The van der Waals surface area contributed by atoms with Gasteiger partial charge in [-0.2, -0.15) is 0 Å². The number of rotatable bonds is 0. The molecule has 0 aliphatic carbocycles. The van der Waals surface area contributed by atoms with Gasteiger partial charge >= 0.3 is 0 Å². The van der Waals surface area contributed by atoms with E-state index in [9.17, 15) is 0 Å². The van der Waals surface area contributed by atoms with E-state index in [-0.39, 0.29) is 95.9 Å². The molecule has 16 heteroatoms. The Hall–Kier alpha value is 2.68. The number of aromatic nitrogens is 8. The van der Waals surface area contributed by atoms with Crippen molar-refractivity contribution >= 4 is 74.5 Å². The Labute approximate surface area is 279 Å². The molecule has 4 heterocycles. The molecule has 4 aromatic heterocycles. The van der Waals surface area contributed by atoms with Crippen LogP contribution in [0.5, 0.6) is 0 Å². The number of nitrogens with one attached hydrogen (secondary N) is 8. The molecule has 0 amide bonds. The molecule has 0 aliphatic rings. The number of H-pyrrole nitrogens is 8. The zero-order valence-electron chi connectivity index (χ0n) is 14.0. The summed E-state index contributed by atoms with van der Waals surface area (Å²) >= 11 is 8.48. The number of hydrogen-bond donors (Lipinski definition) is 4. The molecule has 0 unspecified atom stereocenters. The Balaban J connectivity index is -0.0000000521. The van der Waals surface area contributed by atoms with Gasteiger partial charge in [0.05, 0.1) is 0 Å². The molecule has 0 aliphatic heterocycles. The number of aromatic amines is 8. The van der Waals surface area contributed by atoms with Crippen LogP contribution in [0.3, 0.4) is 0 Å². The number of hydrogen-bond acceptors (Lipinski definition) is 0. The lowest BCUT2D eigenvalue weighted by atomic mass is 11.0. The van der Waals surface area contributed by atoms with Crippen molar-refractivity contribution < 1.29 is 116 Å². The van der Waals surface area contributed by atoms with Gasteiger partial charge in [0, 0.05) is 74.5 Å². The minimum Gasteiger partial charge on any atom is -1.00 e. The Bertz CT molecular complexity index is 375. The van der Waals surface area contributed by atoms with Gasteiger partial charge in [0.25, 0.3) is 0 Å². The molecule has 8 nitrogen and oxygen atoms in total. The van der Waals surface area contributed by atoms with E-state index in [1.54, 1.807) is 25.3 Å². The molecular formula is C12H20I8N8. The SMILES string of the molecule is II.II.[I-].[I-].[I-].[I-].c1c[nH+]c[nH]1.c1c[nH+]c[nH]1.c1c[nH+]c[nH]1.c1c[nH+]c[nH]1. The van der Waals surface area contributed by atoms with Crippen molar-refractivity contribution in [2.24, 2.45) is 0 Å². The zero-order valence-corrected chi connectivity index (χ0v) is 31.2. The Morgan fingerprint density at radius 1 is 0.393 bits per heavy atom. The van der Waals surface area contributed by atoms with Crippen LogP contribution in [0.2, 0.25) is 0 Å². The number of halogens is 8. The Morgan fingerprint density at radius 2 is 0.571 bits per heavy atom. The van der Waals surface area contributed by atoms with E-state index < -0.39 is 0 Å². The van der Waals surface area contributed by atoms with Crippen molar-refractivity contribution in [1.29, 1.82) is 0 Å². The monoisotopic (exact) mass is 1290 g/mol. The lowest BCUT2D eigenvalue weighted by Gasteiger charge is -1.37. The number of imidazole rings is 4. The van der Waals surface area contributed by atoms with Crippen molar-refractivity contribution in [3.05, 3.63) is 74.9 Å². The molecule has 4 aromatic rings. The molecule has 0 atom stereocenters. The normalized spacial score (nSPS) is 6.14. The summed E-state index contributed by atoms with van der Waals surface area (Å²) in [4.78, 5) is 22.4.